The lowest BCUT2D eigenvalue weighted by Gasteiger charge is -2.23. The van der Waals surface area contributed by atoms with E-state index in [1.165, 1.54) is 0 Å². The molecular weight excluding hydrogens is 302 g/mol. The van der Waals surface area contributed by atoms with Gasteiger partial charge < -0.3 is 16.0 Å². The predicted octanol–water partition coefficient (Wildman–Crippen LogP) is 2.49. The van der Waals surface area contributed by atoms with E-state index in [1.54, 1.807) is 10.9 Å². The van der Waals surface area contributed by atoms with Crippen molar-refractivity contribution in [3.8, 4) is 0 Å². The molecule has 4 rings (SSSR count). The third-order valence-corrected chi connectivity index (χ3v) is 5.23. The fourth-order valence-electron chi connectivity index (χ4n) is 3.75. The van der Waals surface area contributed by atoms with Gasteiger partial charge in [0.15, 0.2) is 0 Å². The lowest BCUT2D eigenvalue weighted by molar-refractivity contribution is -0.118. The molecule has 1 amide bonds. The summed E-state index contributed by atoms with van der Waals surface area (Å²) in [6, 6.07) is 7.82. The smallest absolute Gasteiger partial charge is 0.228 e. The highest BCUT2D eigenvalue weighted by Gasteiger charge is 2.57. The number of aromatic nitrogens is 2. The van der Waals surface area contributed by atoms with Gasteiger partial charge in [0.05, 0.1) is 11.9 Å². The molecule has 6 nitrogen and oxygen atoms in total. The second kappa shape index (κ2) is 5.94. The van der Waals surface area contributed by atoms with Crippen molar-refractivity contribution in [2.45, 2.75) is 19.3 Å². The highest BCUT2D eigenvalue weighted by Crippen LogP contribution is 2.58. The zero-order valence-corrected chi connectivity index (χ0v) is 13.9. The van der Waals surface area contributed by atoms with Crippen molar-refractivity contribution < 1.29 is 4.79 Å². The summed E-state index contributed by atoms with van der Waals surface area (Å²) >= 11 is 0. The molecule has 2 aromatic rings. The van der Waals surface area contributed by atoms with E-state index in [1.807, 2.05) is 37.5 Å². The van der Waals surface area contributed by atoms with Gasteiger partial charge >= 0.3 is 0 Å². The highest BCUT2D eigenvalue weighted by atomic mass is 16.2. The van der Waals surface area contributed by atoms with Crippen molar-refractivity contribution in [2.24, 2.45) is 18.4 Å². The minimum Gasteiger partial charge on any atom is -0.353 e. The third-order valence-electron chi connectivity index (χ3n) is 5.23. The van der Waals surface area contributed by atoms with E-state index >= 15 is 0 Å². The number of nitrogens with one attached hydrogen (secondary N) is 3. The van der Waals surface area contributed by atoms with Crippen LogP contribution < -0.4 is 16.0 Å². The number of aryl methyl sites for hydroxylation is 1. The van der Waals surface area contributed by atoms with Crippen molar-refractivity contribution in [3.05, 3.63) is 36.7 Å². The molecular formula is C18H23N5O. The molecule has 1 aromatic carbocycles. The highest BCUT2D eigenvalue weighted by molar-refractivity contribution is 5.95. The number of carbonyl (C=O) groups excluding carboxylic acids is 1. The second-order valence-corrected chi connectivity index (χ2v) is 6.97. The molecule has 2 fully saturated rings. The van der Waals surface area contributed by atoms with Crippen molar-refractivity contribution >= 4 is 23.0 Å². The average molecular weight is 325 g/mol. The first-order chi connectivity index (χ1) is 11.6. The van der Waals surface area contributed by atoms with Crippen LogP contribution in [0.1, 0.15) is 19.3 Å². The normalized spacial score (nSPS) is 21.5. The minimum absolute atomic E-state index is 0.162. The molecule has 1 aromatic heterocycles. The van der Waals surface area contributed by atoms with Crippen LogP contribution in [0.3, 0.4) is 0 Å². The fourth-order valence-corrected chi connectivity index (χ4v) is 3.75. The molecule has 3 N–H and O–H groups in total. The summed E-state index contributed by atoms with van der Waals surface area (Å²) in [6.45, 7) is 2.07. The summed E-state index contributed by atoms with van der Waals surface area (Å²) in [6.07, 6.45) is 6.96. The molecule has 126 valence electrons. The molecule has 0 radical (unpaired) electrons. The standard InChI is InChI=1S/C18H23N5O/c1-23-12-15(11-20-23)21-13-3-2-4-14(9-13)22-17(24)16-10-18(16)5-7-19-8-6-18/h2-4,9,11-12,16,19,21H,5-8,10H2,1H3,(H,22,24). The van der Waals surface area contributed by atoms with Gasteiger partial charge in [0.1, 0.15) is 0 Å². The molecule has 1 atom stereocenters. The molecule has 1 aliphatic carbocycles. The number of hydrogen-bond donors (Lipinski definition) is 3. The Morgan fingerprint density at radius 2 is 2.08 bits per heavy atom. The SMILES string of the molecule is Cn1cc(Nc2cccc(NC(=O)C3CC34CCNCC4)c2)cn1. The van der Waals surface area contributed by atoms with E-state index in [9.17, 15) is 4.79 Å². The molecule has 1 aliphatic heterocycles. The Hall–Kier alpha value is -2.34. The maximum Gasteiger partial charge on any atom is 0.228 e. The first kappa shape index (κ1) is 15.2. The van der Waals surface area contributed by atoms with Crippen LogP contribution >= 0.6 is 0 Å². The quantitative estimate of drug-likeness (QED) is 0.808. The van der Waals surface area contributed by atoms with Crippen molar-refractivity contribution in [1.82, 2.24) is 15.1 Å². The van der Waals surface area contributed by atoms with E-state index in [4.69, 9.17) is 0 Å². The van der Waals surface area contributed by atoms with Crippen molar-refractivity contribution in [2.75, 3.05) is 23.7 Å². The van der Waals surface area contributed by atoms with Gasteiger partial charge in [0, 0.05) is 30.5 Å². The van der Waals surface area contributed by atoms with E-state index in [0.717, 1.165) is 49.4 Å². The minimum atomic E-state index is 0.162. The lowest BCUT2D eigenvalue weighted by atomic mass is 9.92. The monoisotopic (exact) mass is 325 g/mol. The Balaban J connectivity index is 1.40. The van der Waals surface area contributed by atoms with E-state index in [-0.39, 0.29) is 17.2 Å². The number of hydrogen-bond acceptors (Lipinski definition) is 4. The lowest BCUT2D eigenvalue weighted by Crippen LogP contribution is -2.31. The molecule has 1 saturated carbocycles. The Bertz CT molecular complexity index is 747. The van der Waals surface area contributed by atoms with Gasteiger partial charge in [-0.1, -0.05) is 6.07 Å². The van der Waals surface area contributed by atoms with Crippen LogP contribution in [-0.2, 0) is 11.8 Å². The van der Waals surface area contributed by atoms with Gasteiger partial charge in [-0.15, -0.1) is 0 Å². The van der Waals surface area contributed by atoms with E-state index in [2.05, 4.69) is 21.0 Å². The van der Waals surface area contributed by atoms with Gasteiger partial charge in [0.25, 0.3) is 0 Å². The Labute approximate surface area is 141 Å². The molecule has 6 heteroatoms. The molecule has 2 aliphatic rings. The number of anilines is 3. The summed E-state index contributed by atoms with van der Waals surface area (Å²) in [4.78, 5) is 12.6. The van der Waals surface area contributed by atoms with E-state index in [0.29, 0.717) is 0 Å². The van der Waals surface area contributed by atoms with Gasteiger partial charge in [0.2, 0.25) is 5.91 Å². The van der Waals surface area contributed by atoms with Crippen LogP contribution in [0.5, 0.6) is 0 Å². The summed E-state index contributed by atoms with van der Waals surface area (Å²) in [5.74, 6) is 0.338. The maximum absolute atomic E-state index is 12.6. The first-order valence-electron chi connectivity index (χ1n) is 8.52. The molecule has 1 spiro atoms. The molecule has 24 heavy (non-hydrogen) atoms. The second-order valence-electron chi connectivity index (χ2n) is 6.97. The molecule has 1 saturated heterocycles. The Morgan fingerprint density at radius 1 is 1.29 bits per heavy atom. The zero-order valence-electron chi connectivity index (χ0n) is 13.9. The average Bonchev–Trinajstić information content (AvgIpc) is 3.11. The molecule has 0 bridgehead atoms. The summed E-state index contributed by atoms with van der Waals surface area (Å²) < 4.78 is 1.75. The number of benzene rings is 1. The van der Waals surface area contributed by atoms with Crippen LogP contribution in [0.4, 0.5) is 17.1 Å². The summed E-state index contributed by atoms with van der Waals surface area (Å²) in [5.41, 5.74) is 2.97. The third kappa shape index (κ3) is 3.01. The largest absolute Gasteiger partial charge is 0.353 e. The molecule has 1 unspecified atom stereocenters. The Kier molecular flexibility index (Phi) is 3.76. The topological polar surface area (TPSA) is 71.0 Å². The van der Waals surface area contributed by atoms with E-state index < -0.39 is 0 Å². The first-order valence-corrected chi connectivity index (χ1v) is 8.52. The number of nitrogens with zero attached hydrogens (tertiary/aromatic N) is 2. The fraction of sp³-hybridized carbons (Fsp3) is 0.444. The van der Waals surface area contributed by atoms with Gasteiger partial charge in [-0.05, 0) is 56.0 Å². The number of rotatable bonds is 4. The maximum atomic E-state index is 12.6. The van der Waals surface area contributed by atoms with Gasteiger partial charge in [-0.3, -0.25) is 9.48 Å². The predicted molar refractivity (Wildman–Crippen MR) is 94.2 cm³/mol. The number of amides is 1. The van der Waals surface area contributed by atoms with Crippen LogP contribution in [0, 0.1) is 11.3 Å². The van der Waals surface area contributed by atoms with Crippen LogP contribution in [0.25, 0.3) is 0 Å². The summed E-state index contributed by atoms with van der Waals surface area (Å²) in [7, 11) is 1.88. The van der Waals surface area contributed by atoms with Gasteiger partial charge in [-0.25, -0.2) is 0 Å². The zero-order chi connectivity index (χ0) is 16.6. The van der Waals surface area contributed by atoms with Crippen LogP contribution in [0.15, 0.2) is 36.7 Å². The number of carbonyl (C=O) groups is 1. The summed E-state index contributed by atoms with van der Waals surface area (Å²) in [5, 5.41) is 13.9. The van der Waals surface area contributed by atoms with Crippen molar-refractivity contribution in [3.63, 3.8) is 0 Å². The van der Waals surface area contributed by atoms with Crippen molar-refractivity contribution in [1.29, 1.82) is 0 Å². The van der Waals surface area contributed by atoms with Crippen LogP contribution in [-0.4, -0.2) is 28.8 Å². The molecule has 2 heterocycles. The Morgan fingerprint density at radius 3 is 2.83 bits per heavy atom. The van der Waals surface area contributed by atoms with Gasteiger partial charge in [-0.2, -0.15) is 5.10 Å². The number of piperidine rings is 1. The van der Waals surface area contributed by atoms with Crippen LogP contribution in [0.2, 0.25) is 0 Å².